The molecular weight excluding hydrogens is 496 g/mol. The fourth-order valence-corrected chi connectivity index (χ4v) is 4.52. The van der Waals surface area contributed by atoms with Crippen LogP contribution in [-0.4, -0.2) is 75.3 Å². The molecule has 3 rings (SSSR count). The maximum atomic E-state index is 13.3. The van der Waals surface area contributed by atoms with Gasteiger partial charge in [0, 0.05) is 18.7 Å². The number of carboxylic acids is 1. The molecule has 0 bridgehead atoms. The van der Waals surface area contributed by atoms with E-state index in [1.54, 1.807) is 12.1 Å². The van der Waals surface area contributed by atoms with E-state index in [1.807, 2.05) is 30.3 Å². The number of carboxylic acid groups (broad SMARTS) is 1. The molecule has 1 fully saturated rings. The van der Waals surface area contributed by atoms with Crippen LogP contribution in [0.15, 0.2) is 54.6 Å². The summed E-state index contributed by atoms with van der Waals surface area (Å²) in [4.78, 5) is 52.2. The standard InChI is InChI=1S/C26H32N4O6S/c27-19(13-16-5-2-1-3-6-16)25(34)30-12-4-7-22(30)24(33)28-20(14-17-8-10-18(31)11-9-17)23(32)29-21(15-37)26(35)36/h1-3,5-6,8-11,19-22,31,37H,4,7,12-15,27H2,(H,28,33)(H,29,32)(H,35,36). The number of hydrogen-bond acceptors (Lipinski definition) is 7. The molecule has 1 aliphatic heterocycles. The predicted octanol–water partition coefficient (Wildman–Crippen LogP) is 0.480. The first-order valence-corrected chi connectivity index (χ1v) is 12.6. The number of amides is 3. The number of aliphatic carboxylic acids is 1. The fraction of sp³-hybridized carbons (Fsp3) is 0.385. The Morgan fingerprint density at radius 3 is 2.24 bits per heavy atom. The third kappa shape index (κ3) is 7.70. The number of phenols is 1. The van der Waals surface area contributed by atoms with Crippen LogP contribution in [0.5, 0.6) is 5.75 Å². The largest absolute Gasteiger partial charge is 0.508 e. The van der Waals surface area contributed by atoms with Gasteiger partial charge < -0.3 is 31.5 Å². The van der Waals surface area contributed by atoms with Gasteiger partial charge in [-0.3, -0.25) is 14.4 Å². The summed E-state index contributed by atoms with van der Waals surface area (Å²) in [6.07, 6.45) is 1.40. The Hall–Kier alpha value is -3.57. The molecule has 1 aliphatic rings. The summed E-state index contributed by atoms with van der Waals surface area (Å²) >= 11 is 3.97. The lowest BCUT2D eigenvalue weighted by atomic mass is 10.0. The van der Waals surface area contributed by atoms with E-state index in [0.29, 0.717) is 31.4 Å². The smallest absolute Gasteiger partial charge is 0.327 e. The highest BCUT2D eigenvalue weighted by Gasteiger charge is 2.38. The van der Waals surface area contributed by atoms with E-state index in [2.05, 4.69) is 23.3 Å². The predicted molar refractivity (Wildman–Crippen MR) is 140 cm³/mol. The van der Waals surface area contributed by atoms with E-state index >= 15 is 0 Å². The first-order chi connectivity index (χ1) is 17.7. The van der Waals surface area contributed by atoms with Crippen LogP contribution in [0.1, 0.15) is 24.0 Å². The molecular formula is C26H32N4O6S. The number of thiol groups is 1. The van der Waals surface area contributed by atoms with Gasteiger partial charge >= 0.3 is 5.97 Å². The van der Waals surface area contributed by atoms with Crippen LogP contribution >= 0.6 is 12.6 Å². The van der Waals surface area contributed by atoms with Crippen LogP contribution in [0.3, 0.4) is 0 Å². The third-order valence-electron chi connectivity index (χ3n) is 6.26. The number of nitrogens with one attached hydrogen (secondary N) is 2. The summed E-state index contributed by atoms with van der Waals surface area (Å²) in [5.41, 5.74) is 7.73. The van der Waals surface area contributed by atoms with Gasteiger partial charge in [0.15, 0.2) is 0 Å². The number of nitrogens with two attached hydrogens (primary N) is 1. The van der Waals surface area contributed by atoms with E-state index in [9.17, 15) is 29.4 Å². The van der Waals surface area contributed by atoms with Gasteiger partial charge in [-0.15, -0.1) is 0 Å². The minimum atomic E-state index is -1.25. The quantitative estimate of drug-likeness (QED) is 0.231. The highest BCUT2D eigenvalue weighted by atomic mass is 32.1. The Bertz CT molecular complexity index is 1100. The Kier molecular flexibility index (Phi) is 9.93. The molecule has 0 spiro atoms. The topological polar surface area (TPSA) is 162 Å². The van der Waals surface area contributed by atoms with Crippen molar-refractivity contribution in [1.29, 1.82) is 0 Å². The summed E-state index contributed by atoms with van der Waals surface area (Å²) in [6.45, 7) is 0.370. The number of carbonyl (C=O) groups excluding carboxylic acids is 3. The molecule has 11 heteroatoms. The molecule has 0 aliphatic carbocycles. The molecule has 0 radical (unpaired) electrons. The normalized spacial score (nSPS) is 17.5. The maximum absolute atomic E-state index is 13.3. The lowest BCUT2D eigenvalue weighted by molar-refractivity contribution is -0.142. The molecule has 2 aromatic carbocycles. The van der Waals surface area contributed by atoms with Crippen LogP contribution in [0.4, 0.5) is 0 Å². The van der Waals surface area contributed by atoms with Crippen molar-refractivity contribution in [3.05, 3.63) is 65.7 Å². The van der Waals surface area contributed by atoms with Crippen LogP contribution in [0, 0.1) is 0 Å². The van der Waals surface area contributed by atoms with Crippen molar-refractivity contribution in [2.45, 2.75) is 49.9 Å². The summed E-state index contributed by atoms with van der Waals surface area (Å²) in [5.74, 6) is -2.90. The Labute approximate surface area is 220 Å². The number of nitrogens with zero attached hydrogens (tertiary/aromatic N) is 1. The second-order valence-corrected chi connectivity index (χ2v) is 9.36. The molecule has 1 saturated heterocycles. The minimum Gasteiger partial charge on any atom is -0.508 e. The molecule has 0 aromatic heterocycles. The summed E-state index contributed by atoms with van der Waals surface area (Å²) < 4.78 is 0. The lowest BCUT2D eigenvalue weighted by Crippen LogP contribution is -2.57. The Morgan fingerprint density at radius 2 is 1.62 bits per heavy atom. The molecule has 4 atom stereocenters. The van der Waals surface area contributed by atoms with Crippen molar-refractivity contribution in [3.8, 4) is 5.75 Å². The average Bonchev–Trinajstić information content (AvgIpc) is 3.38. The molecule has 1 heterocycles. The molecule has 198 valence electrons. The summed E-state index contributed by atoms with van der Waals surface area (Å²) in [6, 6.07) is 11.5. The second-order valence-electron chi connectivity index (χ2n) is 9.00. The fourth-order valence-electron chi connectivity index (χ4n) is 4.27. The molecule has 4 unspecified atom stereocenters. The zero-order chi connectivity index (χ0) is 26.9. The first-order valence-electron chi connectivity index (χ1n) is 12.0. The monoisotopic (exact) mass is 528 g/mol. The van der Waals surface area contributed by atoms with Crippen molar-refractivity contribution < 1.29 is 29.4 Å². The molecule has 37 heavy (non-hydrogen) atoms. The van der Waals surface area contributed by atoms with Gasteiger partial charge in [-0.05, 0) is 42.5 Å². The number of phenolic OH excluding ortho intramolecular Hbond substituents is 1. The number of likely N-dealkylation sites (tertiary alicyclic amines) is 1. The van der Waals surface area contributed by atoms with E-state index < -0.39 is 42.0 Å². The highest BCUT2D eigenvalue weighted by molar-refractivity contribution is 7.80. The first kappa shape index (κ1) is 28.0. The molecule has 2 aromatic rings. The van der Waals surface area contributed by atoms with Crippen LogP contribution in [0.2, 0.25) is 0 Å². The van der Waals surface area contributed by atoms with Gasteiger partial charge in [0.2, 0.25) is 17.7 Å². The van der Waals surface area contributed by atoms with E-state index in [4.69, 9.17) is 5.73 Å². The minimum absolute atomic E-state index is 0.0433. The van der Waals surface area contributed by atoms with E-state index in [0.717, 1.165) is 5.56 Å². The average molecular weight is 529 g/mol. The van der Waals surface area contributed by atoms with Gasteiger partial charge in [-0.2, -0.15) is 12.6 Å². The maximum Gasteiger partial charge on any atom is 0.327 e. The molecule has 6 N–H and O–H groups in total. The van der Waals surface area contributed by atoms with Crippen LogP contribution in [-0.2, 0) is 32.0 Å². The second kappa shape index (κ2) is 13.1. The Morgan fingerprint density at radius 1 is 0.973 bits per heavy atom. The Balaban J connectivity index is 1.73. The van der Waals surface area contributed by atoms with E-state index in [-0.39, 0.29) is 23.8 Å². The van der Waals surface area contributed by atoms with Crippen LogP contribution < -0.4 is 16.4 Å². The van der Waals surface area contributed by atoms with E-state index in [1.165, 1.54) is 17.0 Å². The highest BCUT2D eigenvalue weighted by Crippen LogP contribution is 2.20. The third-order valence-corrected chi connectivity index (χ3v) is 6.63. The summed E-state index contributed by atoms with van der Waals surface area (Å²) in [7, 11) is 0. The van der Waals surface area contributed by atoms with Crippen molar-refractivity contribution in [2.24, 2.45) is 5.73 Å². The van der Waals surface area contributed by atoms with Crippen molar-refractivity contribution in [3.63, 3.8) is 0 Å². The van der Waals surface area contributed by atoms with Gasteiger partial charge in [0.05, 0.1) is 6.04 Å². The van der Waals surface area contributed by atoms with Crippen LogP contribution in [0.25, 0.3) is 0 Å². The molecule has 3 amide bonds. The van der Waals surface area contributed by atoms with Crippen molar-refractivity contribution in [2.75, 3.05) is 12.3 Å². The van der Waals surface area contributed by atoms with Gasteiger partial charge in [-0.25, -0.2) is 4.79 Å². The zero-order valence-corrected chi connectivity index (χ0v) is 21.1. The summed E-state index contributed by atoms with van der Waals surface area (Å²) in [5, 5.41) is 23.9. The van der Waals surface area contributed by atoms with Gasteiger partial charge in [-0.1, -0.05) is 42.5 Å². The van der Waals surface area contributed by atoms with Crippen molar-refractivity contribution in [1.82, 2.24) is 15.5 Å². The number of benzene rings is 2. The van der Waals surface area contributed by atoms with Crippen molar-refractivity contribution >= 4 is 36.3 Å². The molecule has 0 saturated carbocycles. The SMILES string of the molecule is NC(Cc1ccccc1)C(=O)N1CCCC1C(=O)NC(Cc1ccc(O)cc1)C(=O)NC(CS)C(=O)O. The number of hydrogen-bond donors (Lipinski definition) is 6. The zero-order valence-electron chi connectivity index (χ0n) is 20.2. The number of carbonyl (C=O) groups is 4. The van der Waals surface area contributed by atoms with Gasteiger partial charge in [0.1, 0.15) is 23.9 Å². The lowest BCUT2D eigenvalue weighted by Gasteiger charge is -2.28. The number of rotatable bonds is 11. The number of aromatic hydroxyl groups is 1. The van der Waals surface area contributed by atoms with Gasteiger partial charge in [0.25, 0.3) is 0 Å². The molecule has 10 nitrogen and oxygen atoms in total.